The number of rotatable bonds is 1. The monoisotopic (exact) mass is 322 g/mol. The Morgan fingerprint density at radius 3 is 1.76 bits per heavy atom. The second kappa shape index (κ2) is 15.2. The Labute approximate surface area is 125 Å². The van der Waals surface area contributed by atoms with E-state index in [1.807, 2.05) is 32.0 Å². The van der Waals surface area contributed by atoms with E-state index in [9.17, 15) is 5.11 Å². The van der Waals surface area contributed by atoms with Crippen LogP contribution in [0.25, 0.3) is 0 Å². The fourth-order valence-electron chi connectivity index (χ4n) is 0.639. The van der Waals surface area contributed by atoms with E-state index in [0.717, 1.165) is 5.69 Å². The third kappa shape index (κ3) is 21.1. The molecule has 0 amide bonds. The van der Waals surface area contributed by atoms with Crippen molar-refractivity contribution < 1.29 is 29.7 Å². The van der Waals surface area contributed by atoms with E-state index in [1.54, 1.807) is 12.1 Å². The molecule has 0 fully saturated rings. The summed E-state index contributed by atoms with van der Waals surface area (Å²) in [5.41, 5.74) is 5.03. The molecule has 0 aliphatic heterocycles. The second-order valence-electron chi connectivity index (χ2n) is 2.10. The molecule has 1 aromatic carbocycles. The van der Waals surface area contributed by atoms with Crippen molar-refractivity contribution in [3.8, 4) is 0 Å². The Kier molecular flexibility index (Phi) is 19.3. The minimum Gasteiger partial charge on any atom is -0.852 e. The molecule has 0 atom stereocenters. The van der Waals surface area contributed by atoms with Gasteiger partial charge < -0.3 is 21.3 Å². The largest absolute Gasteiger partial charge is 2.00 e. The van der Waals surface area contributed by atoms with Crippen LogP contribution in [0.3, 0.4) is 0 Å². The number of hydrogen-bond donors (Lipinski definition) is 2. The molecule has 3 N–H and O–H groups in total. The van der Waals surface area contributed by atoms with Gasteiger partial charge in [-0.25, -0.2) is 0 Å². The van der Waals surface area contributed by atoms with Gasteiger partial charge in [0.1, 0.15) is 0 Å². The number of benzene rings is 1. The molecule has 0 aliphatic rings. The maximum Gasteiger partial charge on any atom is 2.00 e. The first-order valence-corrected chi connectivity index (χ1v) is 5.33. The number of nitrogens with one attached hydrogen (secondary N) is 1. The van der Waals surface area contributed by atoms with Gasteiger partial charge in [0.05, 0.1) is 0 Å². The molecule has 4 nitrogen and oxygen atoms in total. The molecule has 0 bridgehead atoms. The Hall–Kier alpha value is -0.777. The molecule has 1 rings (SSSR count). The first-order chi connectivity index (χ1) is 7.52. The number of thiocarbonyl (C=S) groups is 2. The predicted octanol–water partition coefficient (Wildman–Crippen LogP) is 0.358. The van der Waals surface area contributed by atoms with Crippen LogP contribution < -0.4 is 21.3 Å². The van der Waals surface area contributed by atoms with Gasteiger partial charge in [0, 0.05) is 16.0 Å². The zero-order chi connectivity index (χ0) is 13.0. The molecule has 90 valence electrons. The predicted molar refractivity (Wildman–Crippen MR) is 70.8 cm³/mol. The van der Waals surface area contributed by atoms with E-state index in [4.69, 9.17) is 5.11 Å². The molecule has 7 heteroatoms. The molecular weight excluding hydrogens is 310 g/mol. The van der Waals surface area contributed by atoms with Crippen molar-refractivity contribution in [1.29, 1.82) is 0 Å². The van der Waals surface area contributed by atoms with E-state index >= 15 is 0 Å². The minimum atomic E-state index is -0.750. The van der Waals surface area contributed by atoms with Crippen LogP contribution in [-0.4, -0.2) is 10.3 Å². The van der Waals surface area contributed by atoms with Gasteiger partial charge in [-0.2, -0.15) is 0 Å². The van der Waals surface area contributed by atoms with Crippen molar-refractivity contribution in [2.24, 2.45) is 5.73 Å². The Morgan fingerprint density at radius 1 is 1.12 bits per heavy atom. The average molecular weight is 324 g/mol. The smallest absolute Gasteiger partial charge is 0.852 e. The fourth-order valence-corrected chi connectivity index (χ4v) is 0.757. The van der Waals surface area contributed by atoms with Crippen LogP contribution in [0.15, 0.2) is 30.3 Å². The zero-order valence-corrected chi connectivity index (χ0v) is 14.4. The van der Waals surface area contributed by atoms with E-state index in [-0.39, 0.29) is 19.5 Å². The van der Waals surface area contributed by atoms with Gasteiger partial charge in [0.15, 0.2) is 0 Å². The molecule has 0 spiro atoms. The van der Waals surface area contributed by atoms with Gasteiger partial charge in [0.2, 0.25) is 0 Å². The SMILES string of the molecule is CC.NC([O-])=S.[O-]C(=S)Nc1ccccc1.[Zn+2]. The van der Waals surface area contributed by atoms with Gasteiger partial charge in [0.25, 0.3) is 0 Å². The summed E-state index contributed by atoms with van der Waals surface area (Å²) in [5, 5.41) is 20.6. The summed E-state index contributed by atoms with van der Waals surface area (Å²) >= 11 is 8.07. The molecule has 0 saturated carbocycles. The molecule has 0 heterocycles. The topological polar surface area (TPSA) is 84.2 Å². The van der Waals surface area contributed by atoms with Crippen molar-refractivity contribution in [3.05, 3.63) is 30.3 Å². The van der Waals surface area contributed by atoms with Crippen LogP contribution in [0.4, 0.5) is 5.69 Å². The number of hydrogen-bond acceptors (Lipinski definition) is 4. The molecule has 0 unspecified atom stereocenters. The van der Waals surface area contributed by atoms with Gasteiger partial charge in [-0.15, -0.1) is 0 Å². The van der Waals surface area contributed by atoms with Crippen molar-refractivity contribution in [1.82, 2.24) is 0 Å². The molecule has 0 aliphatic carbocycles. The zero-order valence-electron chi connectivity index (χ0n) is 9.80. The van der Waals surface area contributed by atoms with Crippen LogP contribution in [0.5, 0.6) is 0 Å². The summed E-state index contributed by atoms with van der Waals surface area (Å²) in [4.78, 5) is 0. The Bertz CT molecular complexity index is 306. The molecular formula is C10H14N2O2S2Zn. The van der Waals surface area contributed by atoms with Gasteiger partial charge in [-0.3, -0.25) is 0 Å². The van der Waals surface area contributed by atoms with Gasteiger partial charge >= 0.3 is 19.5 Å². The average Bonchev–Trinajstić information content (AvgIpc) is 2.20. The van der Waals surface area contributed by atoms with Crippen molar-refractivity contribution >= 4 is 40.5 Å². The minimum absolute atomic E-state index is 0. The number of nitrogens with two attached hydrogens (primary N) is 1. The van der Waals surface area contributed by atoms with Crippen LogP contribution in [0.2, 0.25) is 0 Å². The Balaban J connectivity index is -0.000000242. The van der Waals surface area contributed by atoms with Gasteiger partial charge in [-0.1, -0.05) is 56.5 Å². The summed E-state index contributed by atoms with van der Waals surface area (Å²) < 4.78 is 0. The van der Waals surface area contributed by atoms with Crippen molar-refractivity contribution in [3.63, 3.8) is 0 Å². The fraction of sp³-hybridized carbons (Fsp3) is 0.200. The quantitative estimate of drug-likeness (QED) is 0.573. The van der Waals surface area contributed by atoms with Crippen LogP contribution >= 0.6 is 24.4 Å². The van der Waals surface area contributed by atoms with Crippen molar-refractivity contribution in [2.75, 3.05) is 5.32 Å². The van der Waals surface area contributed by atoms with Gasteiger partial charge in [-0.05, 0) is 12.1 Å². The van der Waals surface area contributed by atoms with E-state index < -0.39 is 10.3 Å². The first kappa shape index (κ1) is 21.5. The summed E-state index contributed by atoms with van der Waals surface area (Å²) in [5.74, 6) is 0. The summed E-state index contributed by atoms with van der Waals surface area (Å²) in [6.45, 7) is 4.00. The molecule has 0 radical (unpaired) electrons. The van der Waals surface area contributed by atoms with Crippen molar-refractivity contribution in [2.45, 2.75) is 13.8 Å². The summed E-state index contributed by atoms with van der Waals surface area (Å²) in [7, 11) is 0. The second-order valence-corrected chi connectivity index (χ2v) is 2.87. The van der Waals surface area contributed by atoms with E-state index in [0.29, 0.717) is 0 Å². The number of para-hydroxylation sites is 1. The third-order valence-corrected chi connectivity index (χ3v) is 1.12. The molecule has 0 aromatic heterocycles. The Morgan fingerprint density at radius 2 is 1.47 bits per heavy atom. The molecule has 17 heavy (non-hydrogen) atoms. The normalized spacial score (nSPS) is 6.94. The molecule has 1 aromatic rings. The molecule has 0 saturated heterocycles. The van der Waals surface area contributed by atoms with Crippen LogP contribution in [-0.2, 0) is 19.5 Å². The van der Waals surface area contributed by atoms with E-state index in [1.165, 1.54) is 0 Å². The number of anilines is 1. The third-order valence-electron chi connectivity index (χ3n) is 1.02. The summed E-state index contributed by atoms with van der Waals surface area (Å²) in [6, 6.07) is 9.11. The maximum atomic E-state index is 10.3. The van der Waals surface area contributed by atoms with E-state index in [2.05, 4.69) is 35.5 Å². The first-order valence-electron chi connectivity index (χ1n) is 4.52. The standard InChI is InChI=1S/C7H7NOS.C2H6.CH3NOS.Zn/c9-7(10)8-6-4-2-1-3-5-6;1-2;2-1(3)4;/h1-5H,(H2,8,9,10);1-2H3;(H3,2,3,4);/q;;;+2/p-2. The summed E-state index contributed by atoms with van der Waals surface area (Å²) in [6.07, 6.45) is 0. The maximum absolute atomic E-state index is 10.3. The van der Waals surface area contributed by atoms with Crippen LogP contribution in [0.1, 0.15) is 13.8 Å². The van der Waals surface area contributed by atoms with Crippen LogP contribution in [0, 0.1) is 0 Å².